The maximum atomic E-state index is 9.53. The van der Waals surface area contributed by atoms with Crippen LogP contribution in [0.25, 0.3) is 0 Å². The van der Waals surface area contributed by atoms with E-state index in [9.17, 15) is 5.11 Å². The smallest absolute Gasteiger partial charge is 0.0622 e. The van der Waals surface area contributed by atoms with E-state index in [0.29, 0.717) is 6.04 Å². The van der Waals surface area contributed by atoms with E-state index in [4.69, 9.17) is 10.5 Å². The van der Waals surface area contributed by atoms with Gasteiger partial charge in [0.25, 0.3) is 0 Å². The molecular weight excluding hydrogens is 204 g/mol. The highest BCUT2D eigenvalue weighted by atomic mass is 16.5. The monoisotopic (exact) mass is 230 g/mol. The van der Waals surface area contributed by atoms with Crippen LogP contribution in [0.5, 0.6) is 0 Å². The first-order valence-corrected chi connectivity index (χ1v) is 6.44. The van der Waals surface area contributed by atoms with Gasteiger partial charge in [0, 0.05) is 24.7 Å². The molecule has 3 unspecified atom stereocenters. The fraction of sp³-hybridized carbons (Fsp3) is 1.00. The predicted octanol–water partition coefficient (Wildman–Crippen LogP) is 0.586. The summed E-state index contributed by atoms with van der Waals surface area (Å²) in [5.41, 5.74) is 6.14. The van der Waals surface area contributed by atoms with Crippen molar-refractivity contribution in [1.82, 2.24) is 4.90 Å². The van der Waals surface area contributed by atoms with E-state index in [1.165, 1.54) is 0 Å². The minimum Gasteiger partial charge on any atom is -0.395 e. The lowest BCUT2D eigenvalue weighted by atomic mass is 10.00. The second-order valence-corrected chi connectivity index (χ2v) is 4.58. The van der Waals surface area contributed by atoms with Crippen LogP contribution in [0, 0.1) is 0 Å². The average Bonchev–Trinajstić information content (AvgIpc) is 2.31. The van der Waals surface area contributed by atoms with Crippen LogP contribution in [0.2, 0.25) is 0 Å². The summed E-state index contributed by atoms with van der Waals surface area (Å²) in [5, 5.41) is 9.53. The molecule has 0 spiro atoms. The molecule has 1 aliphatic rings. The molecule has 0 amide bonds. The Balaban J connectivity index is 2.61. The van der Waals surface area contributed by atoms with Gasteiger partial charge in [-0.1, -0.05) is 20.3 Å². The summed E-state index contributed by atoms with van der Waals surface area (Å²) in [4.78, 5) is 2.34. The fourth-order valence-corrected chi connectivity index (χ4v) is 2.47. The zero-order valence-electron chi connectivity index (χ0n) is 10.6. The van der Waals surface area contributed by atoms with E-state index in [-0.39, 0.29) is 18.7 Å². The highest BCUT2D eigenvalue weighted by molar-refractivity contribution is 4.87. The van der Waals surface area contributed by atoms with E-state index in [1.54, 1.807) is 0 Å². The first-order valence-electron chi connectivity index (χ1n) is 6.44. The lowest BCUT2D eigenvalue weighted by Crippen LogP contribution is -2.58. The zero-order valence-corrected chi connectivity index (χ0v) is 10.6. The van der Waals surface area contributed by atoms with Gasteiger partial charge in [-0.2, -0.15) is 0 Å². The predicted molar refractivity (Wildman–Crippen MR) is 65.4 cm³/mol. The first-order chi connectivity index (χ1) is 7.74. The van der Waals surface area contributed by atoms with Gasteiger partial charge in [0.1, 0.15) is 0 Å². The van der Waals surface area contributed by atoms with Crippen molar-refractivity contribution in [2.75, 3.05) is 26.4 Å². The normalized spacial score (nSPS) is 26.6. The summed E-state index contributed by atoms with van der Waals surface area (Å²) in [7, 11) is 0. The molecule has 0 aromatic heterocycles. The minimum absolute atomic E-state index is 0.0714. The van der Waals surface area contributed by atoms with Gasteiger partial charge < -0.3 is 15.6 Å². The highest BCUT2D eigenvalue weighted by Gasteiger charge is 2.31. The summed E-state index contributed by atoms with van der Waals surface area (Å²) in [5.74, 6) is 0. The molecule has 4 nitrogen and oxygen atoms in total. The van der Waals surface area contributed by atoms with Crippen LogP contribution in [0.15, 0.2) is 0 Å². The number of rotatable bonds is 6. The maximum Gasteiger partial charge on any atom is 0.0622 e. The molecule has 0 radical (unpaired) electrons. The van der Waals surface area contributed by atoms with E-state index in [2.05, 4.69) is 18.7 Å². The number of ether oxygens (including phenoxy) is 1. The molecule has 3 atom stereocenters. The maximum absolute atomic E-state index is 9.53. The quantitative estimate of drug-likeness (QED) is 0.701. The Morgan fingerprint density at radius 1 is 1.50 bits per heavy atom. The number of nitrogens with two attached hydrogens (primary N) is 1. The van der Waals surface area contributed by atoms with Gasteiger partial charge in [0.2, 0.25) is 0 Å². The van der Waals surface area contributed by atoms with E-state index in [1.807, 2.05) is 0 Å². The van der Waals surface area contributed by atoms with Crippen LogP contribution < -0.4 is 5.73 Å². The lowest BCUT2D eigenvalue weighted by molar-refractivity contribution is -0.0469. The number of morpholine rings is 1. The van der Waals surface area contributed by atoms with Crippen molar-refractivity contribution in [3.63, 3.8) is 0 Å². The van der Waals surface area contributed by atoms with Gasteiger partial charge in [-0.25, -0.2) is 0 Å². The number of hydrogen-bond acceptors (Lipinski definition) is 4. The Morgan fingerprint density at radius 3 is 2.81 bits per heavy atom. The molecule has 1 rings (SSSR count). The molecule has 1 fully saturated rings. The molecule has 1 aliphatic heterocycles. The Bertz CT molecular complexity index is 190. The molecule has 0 saturated carbocycles. The number of aliphatic hydroxyl groups excluding tert-OH is 1. The van der Waals surface area contributed by atoms with Crippen LogP contribution >= 0.6 is 0 Å². The second-order valence-electron chi connectivity index (χ2n) is 4.58. The van der Waals surface area contributed by atoms with Crippen molar-refractivity contribution < 1.29 is 9.84 Å². The van der Waals surface area contributed by atoms with Crippen molar-refractivity contribution in [2.24, 2.45) is 5.73 Å². The van der Waals surface area contributed by atoms with Crippen molar-refractivity contribution in [1.29, 1.82) is 0 Å². The van der Waals surface area contributed by atoms with Gasteiger partial charge in [0.05, 0.1) is 19.8 Å². The van der Waals surface area contributed by atoms with Crippen molar-refractivity contribution in [3.8, 4) is 0 Å². The molecule has 0 aromatic carbocycles. The van der Waals surface area contributed by atoms with Gasteiger partial charge >= 0.3 is 0 Å². The standard InChI is InChI=1S/C12H26N2O2/c1-3-5-11(13)12(8-15)14-6-7-16-9-10(14)4-2/h10-12,15H,3-9,13H2,1-2H3. The summed E-state index contributed by atoms with van der Waals surface area (Å²) < 4.78 is 5.47. The van der Waals surface area contributed by atoms with Crippen LogP contribution in [-0.2, 0) is 4.74 Å². The Hall–Kier alpha value is -0.160. The van der Waals surface area contributed by atoms with E-state index >= 15 is 0 Å². The Morgan fingerprint density at radius 2 is 2.25 bits per heavy atom. The Labute approximate surface area is 98.8 Å². The SMILES string of the molecule is CCCC(N)C(CO)N1CCOCC1CC. The van der Waals surface area contributed by atoms with Crippen LogP contribution in [0.3, 0.4) is 0 Å². The highest BCUT2D eigenvalue weighted by Crippen LogP contribution is 2.17. The minimum atomic E-state index is 0.0714. The van der Waals surface area contributed by atoms with Crippen LogP contribution in [-0.4, -0.2) is 54.5 Å². The fourth-order valence-electron chi connectivity index (χ4n) is 2.47. The third kappa shape index (κ3) is 3.42. The number of hydrogen-bond donors (Lipinski definition) is 2. The molecule has 1 heterocycles. The molecule has 0 aliphatic carbocycles. The molecule has 4 heteroatoms. The van der Waals surface area contributed by atoms with Crippen LogP contribution in [0.1, 0.15) is 33.1 Å². The summed E-state index contributed by atoms with van der Waals surface area (Å²) in [6.07, 6.45) is 3.09. The van der Waals surface area contributed by atoms with E-state index < -0.39 is 0 Å². The molecule has 0 bridgehead atoms. The molecule has 1 saturated heterocycles. The molecular formula is C12H26N2O2. The van der Waals surface area contributed by atoms with Gasteiger partial charge in [-0.05, 0) is 12.8 Å². The summed E-state index contributed by atoms with van der Waals surface area (Å²) in [6.45, 7) is 6.85. The average molecular weight is 230 g/mol. The first kappa shape index (κ1) is 13.9. The third-order valence-corrected chi connectivity index (χ3v) is 3.47. The largest absolute Gasteiger partial charge is 0.395 e. The molecule has 0 aromatic rings. The summed E-state index contributed by atoms with van der Waals surface area (Å²) in [6, 6.07) is 0.574. The lowest BCUT2D eigenvalue weighted by Gasteiger charge is -2.42. The van der Waals surface area contributed by atoms with Crippen molar-refractivity contribution in [3.05, 3.63) is 0 Å². The van der Waals surface area contributed by atoms with Crippen LogP contribution in [0.4, 0.5) is 0 Å². The third-order valence-electron chi connectivity index (χ3n) is 3.47. The summed E-state index contributed by atoms with van der Waals surface area (Å²) >= 11 is 0. The van der Waals surface area contributed by atoms with E-state index in [0.717, 1.165) is 39.0 Å². The second kappa shape index (κ2) is 7.22. The molecule has 16 heavy (non-hydrogen) atoms. The topological polar surface area (TPSA) is 58.7 Å². The molecule has 96 valence electrons. The molecule has 3 N–H and O–H groups in total. The zero-order chi connectivity index (χ0) is 12.0. The van der Waals surface area contributed by atoms with Gasteiger partial charge in [-0.15, -0.1) is 0 Å². The number of nitrogens with zero attached hydrogens (tertiary/aromatic N) is 1. The van der Waals surface area contributed by atoms with Crippen molar-refractivity contribution >= 4 is 0 Å². The van der Waals surface area contributed by atoms with Gasteiger partial charge in [0.15, 0.2) is 0 Å². The Kier molecular flexibility index (Phi) is 6.28. The van der Waals surface area contributed by atoms with Gasteiger partial charge in [-0.3, -0.25) is 4.90 Å². The van der Waals surface area contributed by atoms with Crippen molar-refractivity contribution in [2.45, 2.75) is 51.2 Å². The number of aliphatic hydroxyl groups is 1.